The van der Waals surface area contributed by atoms with Crippen LogP contribution in [0.4, 0.5) is 0 Å². The van der Waals surface area contributed by atoms with E-state index in [4.69, 9.17) is 4.74 Å². The summed E-state index contributed by atoms with van der Waals surface area (Å²) in [7, 11) is 4.05. The molecule has 1 saturated heterocycles. The van der Waals surface area contributed by atoms with Gasteiger partial charge in [0.1, 0.15) is 5.75 Å². The molecule has 0 saturated carbocycles. The Labute approximate surface area is 154 Å². The topological polar surface area (TPSA) is 30.3 Å². The maximum Gasteiger partial charge on any atom is 0.119 e. The van der Waals surface area contributed by atoms with Gasteiger partial charge in [0.05, 0.1) is 7.11 Å². The zero-order valence-electron chi connectivity index (χ0n) is 15.5. The van der Waals surface area contributed by atoms with Gasteiger partial charge >= 0.3 is 0 Å². The lowest BCUT2D eigenvalue weighted by Crippen LogP contribution is -2.34. The molecule has 5 rings (SSSR count). The molecule has 2 bridgehead atoms. The van der Waals surface area contributed by atoms with Crippen LogP contribution in [-0.2, 0) is 19.4 Å². The summed E-state index contributed by atoms with van der Waals surface area (Å²) >= 11 is 0. The zero-order chi connectivity index (χ0) is 17.7. The highest BCUT2D eigenvalue weighted by atomic mass is 16.5. The molecule has 2 aliphatic rings. The number of hydrogen-bond acceptors (Lipinski definition) is 3. The summed E-state index contributed by atoms with van der Waals surface area (Å²) in [5.41, 5.74) is 5.73. The van der Waals surface area contributed by atoms with E-state index < -0.39 is 0 Å². The largest absolute Gasteiger partial charge is 0.497 e. The number of benzene rings is 1. The molecule has 2 unspecified atom stereocenters. The molecule has 0 amide bonds. The fourth-order valence-corrected chi connectivity index (χ4v) is 5.00. The number of pyridine rings is 1. The number of rotatable bonds is 4. The van der Waals surface area contributed by atoms with Crippen LogP contribution in [0.1, 0.15) is 35.7 Å². The van der Waals surface area contributed by atoms with Gasteiger partial charge in [-0.05, 0) is 61.7 Å². The Morgan fingerprint density at radius 1 is 1.23 bits per heavy atom. The van der Waals surface area contributed by atoms with E-state index in [1.54, 1.807) is 18.4 Å². The van der Waals surface area contributed by atoms with Crippen LogP contribution in [0, 0.1) is 0 Å². The molecule has 4 heteroatoms. The third-order valence-corrected chi connectivity index (χ3v) is 6.37. The SMILES string of the molecule is COc1ccc2c(c1)c1c(n2CCc2cccnc2)CC2CCC1N2C. The first-order valence-electron chi connectivity index (χ1n) is 9.56. The fourth-order valence-electron chi connectivity index (χ4n) is 5.00. The minimum atomic E-state index is 0.554. The first kappa shape index (κ1) is 15.9. The maximum absolute atomic E-state index is 5.53. The van der Waals surface area contributed by atoms with Gasteiger partial charge in [0.2, 0.25) is 0 Å². The van der Waals surface area contributed by atoms with Crippen molar-refractivity contribution in [3.05, 3.63) is 59.5 Å². The van der Waals surface area contributed by atoms with Crippen molar-refractivity contribution in [2.45, 2.75) is 44.3 Å². The van der Waals surface area contributed by atoms with Crippen LogP contribution in [0.5, 0.6) is 5.75 Å². The first-order chi connectivity index (χ1) is 12.8. The Hall–Kier alpha value is -2.33. The Bertz CT molecular complexity index is 947. The molecule has 2 aliphatic heterocycles. The number of nitrogens with zero attached hydrogens (tertiary/aromatic N) is 3. The summed E-state index contributed by atoms with van der Waals surface area (Å²) in [5, 5.41) is 1.38. The molecular formula is C22H25N3O. The molecule has 4 heterocycles. The quantitative estimate of drug-likeness (QED) is 0.715. The number of methoxy groups -OCH3 is 1. The molecule has 26 heavy (non-hydrogen) atoms. The van der Waals surface area contributed by atoms with Gasteiger partial charge in [-0.1, -0.05) is 6.07 Å². The van der Waals surface area contributed by atoms with Gasteiger partial charge in [-0.15, -0.1) is 0 Å². The van der Waals surface area contributed by atoms with Crippen molar-refractivity contribution in [2.75, 3.05) is 14.2 Å². The van der Waals surface area contributed by atoms with Gasteiger partial charge in [-0.2, -0.15) is 0 Å². The second-order valence-corrected chi connectivity index (χ2v) is 7.62. The molecular weight excluding hydrogens is 322 g/mol. The van der Waals surface area contributed by atoms with Gasteiger partial charge in [0.15, 0.2) is 0 Å². The average molecular weight is 347 g/mol. The predicted molar refractivity (Wildman–Crippen MR) is 104 cm³/mol. The van der Waals surface area contributed by atoms with Crippen LogP contribution in [-0.4, -0.2) is 34.7 Å². The molecule has 1 fully saturated rings. The Morgan fingerprint density at radius 2 is 2.15 bits per heavy atom. The summed E-state index contributed by atoms with van der Waals surface area (Å²) in [6, 6.07) is 12.0. The van der Waals surface area contributed by atoms with E-state index in [0.29, 0.717) is 12.1 Å². The molecule has 2 aromatic heterocycles. The minimum absolute atomic E-state index is 0.554. The molecule has 0 spiro atoms. The molecule has 0 N–H and O–H groups in total. The summed E-state index contributed by atoms with van der Waals surface area (Å²) in [6.45, 7) is 1.01. The highest BCUT2D eigenvalue weighted by molar-refractivity contribution is 5.88. The molecule has 0 radical (unpaired) electrons. The van der Waals surface area contributed by atoms with Crippen LogP contribution in [0.15, 0.2) is 42.7 Å². The molecule has 0 aliphatic carbocycles. The number of aryl methyl sites for hydroxylation is 2. The van der Waals surface area contributed by atoms with Crippen molar-refractivity contribution >= 4 is 10.9 Å². The molecule has 3 aromatic rings. The predicted octanol–water partition coefficient (Wildman–Crippen LogP) is 3.98. The van der Waals surface area contributed by atoms with E-state index in [2.05, 4.69) is 45.8 Å². The van der Waals surface area contributed by atoms with Crippen molar-refractivity contribution in [1.82, 2.24) is 14.5 Å². The maximum atomic E-state index is 5.53. The third kappa shape index (κ3) is 2.36. The number of aromatic nitrogens is 2. The Morgan fingerprint density at radius 3 is 2.96 bits per heavy atom. The number of hydrogen-bond donors (Lipinski definition) is 0. The zero-order valence-corrected chi connectivity index (χ0v) is 15.5. The van der Waals surface area contributed by atoms with Crippen molar-refractivity contribution in [2.24, 2.45) is 0 Å². The molecule has 1 aromatic carbocycles. The first-order valence-corrected chi connectivity index (χ1v) is 9.56. The van der Waals surface area contributed by atoms with Gasteiger partial charge in [-0.25, -0.2) is 0 Å². The third-order valence-electron chi connectivity index (χ3n) is 6.37. The van der Waals surface area contributed by atoms with Crippen LogP contribution in [0.25, 0.3) is 10.9 Å². The van der Waals surface area contributed by atoms with E-state index in [9.17, 15) is 0 Å². The number of fused-ring (bicyclic) bond motifs is 6. The van der Waals surface area contributed by atoms with Crippen molar-refractivity contribution < 1.29 is 4.74 Å². The van der Waals surface area contributed by atoms with Crippen molar-refractivity contribution in [3.63, 3.8) is 0 Å². The Kier molecular flexibility index (Phi) is 3.75. The average Bonchev–Trinajstić information content (AvgIpc) is 3.10. The summed E-state index contributed by atoms with van der Waals surface area (Å²) < 4.78 is 8.09. The lowest BCUT2D eigenvalue weighted by Gasteiger charge is -2.32. The van der Waals surface area contributed by atoms with Gasteiger partial charge < -0.3 is 9.30 Å². The van der Waals surface area contributed by atoms with E-state index in [1.807, 2.05) is 18.5 Å². The normalized spacial score (nSPS) is 21.9. The molecule has 134 valence electrons. The van der Waals surface area contributed by atoms with Gasteiger partial charge in [-0.3, -0.25) is 9.88 Å². The molecule has 4 nitrogen and oxygen atoms in total. The summed E-state index contributed by atoms with van der Waals surface area (Å²) in [5.74, 6) is 0.951. The second-order valence-electron chi connectivity index (χ2n) is 7.62. The number of ether oxygens (including phenoxy) is 1. The van der Waals surface area contributed by atoms with Crippen LogP contribution in [0.2, 0.25) is 0 Å². The van der Waals surface area contributed by atoms with Crippen molar-refractivity contribution in [1.29, 1.82) is 0 Å². The standard InChI is InChI=1S/C22H25N3O/c1-24-16-5-7-20(24)22-18-13-17(26-2)6-8-19(18)25(21(22)12-16)11-9-15-4-3-10-23-14-15/h3-4,6,8,10,13-14,16,20H,5,7,9,11-12H2,1-2H3. The van der Waals surface area contributed by atoms with E-state index in [0.717, 1.165) is 25.1 Å². The van der Waals surface area contributed by atoms with Gasteiger partial charge in [0.25, 0.3) is 0 Å². The van der Waals surface area contributed by atoms with Crippen LogP contribution >= 0.6 is 0 Å². The van der Waals surface area contributed by atoms with Gasteiger partial charge in [0, 0.05) is 54.0 Å². The fraction of sp³-hybridized carbons (Fsp3) is 0.409. The second kappa shape index (κ2) is 6.13. The van der Waals surface area contributed by atoms with Crippen molar-refractivity contribution in [3.8, 4) is 5.75 Å². The van der Waals surface area contributed by atoms with Crippen LogP contribution < -0.4 is 4.74 Å². The lowest BCUT2D eigenvalue weighted by atomic mass is 9.97. The summed E-state index contributed by atoms with van der Waals surface area (Å²) in [6.07, 6.45) is 8.58. The minimum Gasteiger partial charge on any atom is -0.497 e. The number of likely N-dealkylation sites (N-methyl/N-ethyl adjacent to an activating group) is 1. The lowest BCUT2D eigenvalue weighted by molar-refractivity contribution is 0.222. The summed E-state index contributed by atoms with van der Waals surface area (Å²) in [4.78, 5) is 6.86. The Balaban J connectivity index is 1.62. The van der Waals surface area contributed by atoms with E-state index in [1.165, 1.54) is 29.3 Å². The highest BCUT2D eigenvalue weighted by Gasteiger charge is 2.40. The van der Waals surface area contributed by atoms with Crippen LogP contribution in [0.3, 0.4) is 0 Å². The molecule has 2 atom stereocenters. The highest BCUT2D eigenvalue weighted by Crippen LogP contribution is 2.47. The van der Waals surface area contributed by atoms with E-state index >= 15 is 0 Å². The monoisotopic (exact) mass is 347 g/mol. The smallest absolute Gasteiger partial charge is 0.119 e. The van der Waals surface area contributed by atoms with E-state index in [-0.39, 0.29) is 0 Å².